The van der Waals surface area contributed by atoms with Crippen LogP contribution in [0.3, 0.4) is 0 Å². The number of benzene rings is 1. The summed E-state index contributed by atoms with van der Waals surface area (Å²) in [4.78, 5) is 0. The van der Waals surface area contributed by atoms with Gasteiger partial charge in [-0.05, 0) is 64.9 Å². The maximum atomic E-state index is 12.6. The second-order valence-electron chi connectivity index (χ2n) is 7.48. The van der Waals surface area contributed by atoms with Crippen LogP contribution in [-0.4, -0.2) is 37.6 Å². The summed E-state index contributed by atoms with van der Waals surface area (Å²) in [5, 5.41) is 3.33. The van der Waals surface area contributed by atoms with Gasteiger partial charge in [0.15, 0.2) is 0 Å². The maximum Gasteiger partial charge on any atom is 0.258 e. The van der Waals surface area contributed by atoms with Gasteiger partial charge in [-0.25, -0.2) is 8.42 Å². The van der Waals surface area contributed by atoms with Crippen molar-refractivity contribution in [2.45, 2.75) is 50.4 Å². The number of hydrogen-bond acceptors (Lipinski definition) is 4. The van der Waals surface area contributed by atoms with Crippen molar-refractivity contribution in [3.8, 4) is 5.75 Å². The number of ether oxygens (including phenoxy) is 1. The third-order valence-electron chi connectivity index (χ3n) is 4.59. The van der Waals surface area contributed by atoms with Gasteiger partial charge in [0.25, 0.3) is 10.0 Å². The monoisotopic (exact) mass is 414 g/mol. The Labute approximate surface area is 152 Å². The fourth-order valence-electron chi connectivity index (χ4n) is 3.01. The van der Waals surface area contributed by atoms with Crippen molar-refractivity contribution in [2.24, 2.45) is 4.40 Å². The average Bonchev–Trinajstić information content (AvgIpc) is 2.47. The molecule has 24 heavy (non-hydrogen) atoms. The molecule has 132 valence electrons. The number of sulfonamides is 1. The summed E-state index contributed by atoms with van der Waals surface area (Å²) in [5.74, 6) is 0.717. The van der Waals surface area contributed by atoms with E-state index < -0.39 is 14.8 Å². The van der Waals surface area contributed by atoms with Crippen LogP contribution in [0.2, 0.25) is 0 Å². The first-order valence-corrected chi connectivity index (χ1v) is 10.4. The van der Waals surface area contributed by atoms with Crippen LogP contribution in [0.5, 0.6) is 5.75 Å². The smallest absolute Gasteiger partial charge is 0.258 e. The predicted molar refractivity (Wildman–Crippen MR) is 99.4 cm³/mol. The molecule has 0 amide bonds. The number of halogens is 1. The zero-order valence-electron chi connectivity index (χ0n) is 14.2. The molecule has 3 rings (SSSR count). The van der Waals surface area contributed by atoms with E-state index in [1.807, 2.05) is 18.2 Å². The van der Waals surface area contributed by atoms with Crippen molar-refractivity contribution < 1.29 is 13.2 Å². The second kappa shape index (κ2) is 6.11. The standard InChI is InChI=1S/C17H23BrN2O3S/c1-16(2,3)24(21,22)20-14-11-17(6-8-19-9-7-17)23-15-5-4-12(18)10-13(14)15/h4-5,10,19H,6-9,11H2,1-3H3. The highest BCUT2D eigenvalue weighted by molar-refractivity contribution is 9.10. The van der Waals surface area contributed by atoms with Crippen molar-refractivity contribution in [1.82, 2.24) is 5.32 Å². The number of nitrogens with one attached hydrogen (secondary N) is 1. The minimum Gasteiger partial charge on any atom is -0.486 e. The lowest BCUT2D eigenvalue weighted by atomic mass is 9.83. The van der Waals surface area contributed by atoms with Crippen LogP contribution in [0.15, 0.2) is 27.1 Å². The summed E-state index contributed by atoms with van der Waals surface area (Å²) in [5.41, 5.74) is 1.01. The molecule has 0 saturated carbocycles. The Kier molecular flexibility index (Phi) is 4.55. The summed E-state index contributed by atoms with van der Waals surface area (Å²) >= 11 is 3.45. The molecule has 1 aromatic rings. The molecule has 2 heterocycles. The molecule has 1 N–H and O–H groups in total. The molecule has 1 aromatic carbocycles. The van der Waals surface area contributed by atoms with Gasteiger partial charge < -0.3 is 10.1 Å². The van der Waals surface area contributed by atoms with Crippen molar-refractivity contribution >= 4 is 31.7 Å². The molecule has 0 unspecified atom stereocenters. The van der Waals surface area contributed by atoms with Crippen LogP contribution < -0.4 is 10.1 Å². The Morgan fingerprint density at radius 2 is 1.92 bits per heavy atom. The van der Waals surface area contributed by atoms with Crippen LogP contribution in [0.4, 0.5) is 0 Å². The summed E-state index contributed by atoms with van der Waals surface area (Å²) < 4.78 is 35.8. The average molecular weight is 415 g/mol. The first kappa shape index (κ1) is 17.9. The third-order valence-corrected chi connectivity index (χ3v) is 7.09. The minimum absolute atomic E-state index is 0.363. The Balaban J connectivity index is 2.12. The highest BCUT2D eigenvalue weighted by Crippen LogP contribution is 2.40. The number of nitrogens with zero attached hydrogens (tertiary/aromatic N) is 1. The molecule has 2 aliphatic heterocycles. The van der Waals surface area contributed by atoms with Gasteiger partial charge in [0, 0.05) is 16.5 Å². The fraction of sp³-hybridized carbons (Fsp3) is 0.588. The fourth-order valence-corrected chi connectivity index (χ4v) is 4.10. The lowest BCUT2D eigenvalue weighted by Gasteiger charge is -2.42. The van der Waals surface area contributed by atoms with Crippen molar-refractivity contribution in [3.63, 3.8) is 0 Å². The van der Waals surface area contributed by atoms with Gasteiger partial charge in [0.05, 0.1) is 10.5 Å². The Hall–Kier alpha value is -0.920. The maximum absolute atomic E-state index is 12.6. The highest BCUT2D eigenvalue weighted by atomic mass is 79.9. The van der Waals surface area contributed by atoms with E-state index in [-0.39, 0.29) is 5.60 Å². The molecule has 7 heteroatoms. The molecule has 1 spiro atoms. The zero-order chi connectivity index (χ0) is 17.6. The first-order valence-electron chi connectivity index (χ1n) is 8.15. The summed E-state index contributed by atoms with van der Waals surface area (Å²) in [6, 6.07) is 5.69. The Morgan fingerprint density at radius 1 is 1.25 bits per heavy atom. The summed E-state index contributed by atoms with van der Waals surface area (Å²) in [7, 11) is -3.61. The minimum atomic E-state index is -3.61. The Morgan fingerprint density at radius 3 is 2.54 bits per heavy atom. The number of piperidine rings is 1. The van der Waals surface area contributed by atoms with Gasteiger partial charge in [-0.15, -0.1) is 0 Å². The van der Waals surface area contributed by atoms with Gasteiger partial charge in [-0.3, -0.25) is 0 Å². The molecule has 2 aliphatic rings. The topological polar surface area (TPSA) is 67.8 Å². The Bertz CT molecular complexity index is 776. The van der Waals surface area contributed by atoms with Crippen LogP contribution >= 0.6 is 15.9 Å². The quantitative estimate of drug-likeness (QED) is 0.765. The van der Waals surface area contributed by atoms with E-state index in [1.54, 1.807) is 20.8 Å². The van der Waals surface area contributed by atoms with Gasteiger partial charge in [-0.2, -0.15) is 4.40 Å². The van der Waals surface area contributed by atoms with Crippen LogP contribution in [-0.2, 0) is 10.0 Å². The zero-order valence-corrected chi connectivity index (χ0v) is 16.6. The normalized spacial score (nSPS) is 22.2. The largest absolute Gasteiger partial charge is 0.486 e. The van der Waals surface area contributed by atoms with Crippen molar-refractivity contribution in [3.05, 3.63) is 28.2 Å². The van der Waals surface area contributed by atoms with Crippen LogP contribution in [0.1, 0.15) is 45.6 Å². The van der Waals surface area contributed by atoms with E-state index in [2.05, 4.69) is 25.6 Å². The van der Waals surface area contributed by atoms with Crippen molar-refractivity contribution in [1.29, 1.82) is 0 Å². The molecule has 1 fully saturated rings. The van der Waals surface area contributed by atoms with Gasteiger partial charge in [0.2, 0.25) is 0 Å². The van der Waals surface area contributed by atoms with E-state index in [4.69, 9.17) is 4.74 Å². The van der Waals surface area contributed by atoms with E-state index >= 15 is 0 Å². The molecular formula is C17H23BrN2O3S. The van der Waals surface area contributed by atoms with E-state index in [0.717, 1.165) is 36.0 Å². The number of rotatable bonds is 1. The molecule has 5 nitrogen and oxygen atoms in total. The number of hydrogen-bond donors (Lipinski definition) is 1. The van der Waals surface area contributed by atoms with E-state index in [0.29, 0.717) is 17.9 Å². The first-order chi connectivity index (χ1) is 11.1. The SMILES string of the molecule is CC(C)(C)S(=O)(=O)N=C1CC2(CCNCC2)Oc2ccc(Br)cc21. The molecule has 1 saturated heterocycles. The van der Waals surface area contributed by atoms with Crippen molar-refractivity contribution in [2.75, 3.05) is 13.1 Å². The molecule has 0 radical (unpaired) electrons. The van der Waals surface area contributed by atoms with Crippen LogP contribution in [0.25, 0.3) is 0 Å². The second-order valence-corrected chi connectivity index (χ2v) is 10.8. The lowest BCUT2D eigenvalue weighted by Crippen LogP contribution is -2.50. The number of fused-ring (bicyclic) bond motifs is 1. The van der Waals surface area contributed by atoms with E-state index in [9.17, 15) is 8.42 Å². The summed E-state index contributed by atoms with van der Waals surface area (Å²) in [6.45, 7) is 6.76. The van der Waals surface area contributed by atoms with Crippen LogP contribution in [0, 0.1) is 0 Å². The molecular weight excluding hydrogens is 392 g/mol. The summed E-state index contributed by atoms with van der Waals surface area (Å²) in [6.07, 6.45) is 2.21. The lowest BCUT2D eigenvalue weighted by molar-refractivity contribution is 0.0388. The van der Waals surface area contributed by atoms with Gasteiger partial charge in [0.1, 0.15) is 11.4 Å². The molecule has 0 aromatic heterocycles. The highest BCUT2D eigenvalue weighted by Gasteiger charge is 2.41. The molecule has 0 bridgehead atoms. The predicted octanol–water partition coefficient (Wildman–Crippen LogP) is 3.27. The van der Waals surface area contributed by atoms with E-state index in [1.165, 1.54) is 0 Å². The van der Waals surface area contributed by atoms with Gasteiger partial charge >= 0.3 is 0 Å². The third kappa shape index (κ3) is 3.39. The molecule has 0 aliphatic carbocycles. The van der Waals surface area contributed by atoms with Gasteiger partial charge in [-0.1, -0.05) is 15.9 Å². The molecule has 0 atom stereocenters.